The third kappa shape index (κ3) is 4.55. The van der Waals surface area contributed by atoms with E-state index in [0.717, 1.165) is 18.4 Å². The molecule has 1 aliphatic carbocycles. The number of rotatable bonds is 7. The third-order valence-electron chi connectivity index (χ3n) is 4.93. The van der Waals surface area contributed by atoms with Crippen LogP contribution in [0.4, 0.5) is 10.1 Å². The average molecular weight is 355 g/mol. The average Bonchev–Trinajstić information content (AvgIpc) is 3.46. The number of hydrogen-bond acceptors (Lipinski definition) is 2. The first-order chi connectivity index (χ1) is 12.4. The van der Waals surface area contributed by atoms with Gasteiger partial charge >= 0.3 is 0 Å². The van der Waals surface area contributed by atoms with Gasteiger partial charge in [0.25, 0.3) is 5.91 Å². The van der Waals surface area contributed by atoms with Crippen LogP contribution in [-0.2, 0) is 11.3 Å². The molecule has 26 heavy (non-hydrogen) atoms. The van der Waals surface area contributed by atoms with Gasteiger partial charge in [-0.3, -0.25) is 9.59 Å². The normalized spacial score (nSPS) is 16.0. The van der Waals surface area contributed by atoms with E-state index in [1.165, 1.54) is 24.0 Å². The molecule has 1 fully saturated rings. The van der Waals surface area contributed by atoms with E-state index >= 15 is 0 Å². The van der Waals surface area contributed by atoms with Crippen molar-refractivity contribution in [3.63, 3.8) is 0 Å². The molecule has 0 bridgehead atoms. The van der Waals surface area contributed by atoms with Gasteiger partial charge in [0.05, 0.1) is 6.04 Å². The van der Waals surface area contributed by atoms with E-state index in [0.29, 0.717) is 23.8 Å². The van der Waals surface area contributed by atoms with Crippen LogP contribution < -0.4 is 10.2 Å². The molecule has 1 aliphatic rings. The van der Waals surface area contributed by atoms with Crippen LogP contribution >= 0.6 is 0 Å². The number of carbonyl (C=O) groups excluding carboxylic acids is 2. The van der Waals surface area contributed by atoms with Crippen LogP contribution in [0.1, 0.15) is 42.6 Å². The number of amides is 1. The lowest BCUT2D eigenvalue weighted by molar-refractivity contribution is -0.938. The molecule has 0 aromatic heterocycles. The Morgan fingerprint density at radius 1 is 1.12 bits per heavy atom. The van der Waals surface area contributed by atoms with Gasteiger partial charge in [-0.1, -0.05) is 12.1 Å². The Morgan fingerprint density at radius 3 is 2.27 bits per heavy atom. The number of anilines is 1. The number of Topliss-reactive ketones (excluding diaryl/α,β-unsaturated/α-hetero) is 1. The first-order valence-corrected chi connectivity index (χ1v) is 8.96. The standard InChI is InChI=1S/C21H23FN2O2/c1-14(21(26)23-19-9-5-17(6-10-19)15(2)25)24(20-11-12-20)13-16-3-7-18(22)8-4-16/h3-10,14,20H,11-13H2,1-2H3,(H,23,26)/p+1/t14-/m0/s1. The summed E-state index contributed by atoms with van der Waals surface area (Å²) in [4.78, 5) is 25.2. The zero-order chi connectivity index (χ0) is 18.7. The molecule has 1 saturated carbocycles. The fraction of sp³-hybridized carbons (Fsp3) is 0.333. The number of carbonyl (C=O) groups is 2. The Labute approximate surface area is 153 Å². The van der Waals surface area contributed by atoms with Crippen LogP contribution in [0, 0.1) is 5.82 Å². The van der Waals surface area contributed by atoms with E-state index in [9.17, 15) is 14.0 Å². The van der Waals surface area contributed by atoms with Crippen molar-refractivity contribution in [1.29, 1.82) is 0 Å². The van der Waals surface area contributed by atoms with Gasteiger partial charge in [-0.05, 0) is 50.2 Å². The lowest BCUT2D eigenvalue weighted by Gasteiger charge is -2.25. The Bertz CT molecular complexity index is 783. The molecule has 0 spiro atoms. The van der Waals surface area contributed by atoms with Crippen LogP contribution in [0.2, 0.25) is 0 Å². The molecule has 0 saturated heterocycles. The second-order valence-corrected chi connectivity index (χ2v) is 7.00. The number of quaternary nitrogens is 1. The summed E-state index contributed by atoms with van der Waals surface area (Å²) in [6.45, 7) is 4.14. The summed E-state index contributed by atoms with van der Waals surface area (Å²) >= 11 is 0. The second kappa shape index (κ2) is 7.79. The van der Waals surface area contributed by atoms with E-state index in [1.807, 2.05) is 6.92 Å². The van der Waals surface area contributed by atoms with Crippen molar-refractivity contribution in [2.24, 2.45) is 0 Å². The minimum atomic E-state index is -0.249. The third-order valence-corrected chi connectivity index (χ3v) is 4.93. The van der Waals surface area contributed by atoms with Gasteiger partial charge in [0.15, 0.2) is 11.8 Å². The van der Waals surface area contributed by atoms with Gasteiger partial charge in [-0.25, -0.2) is 4.39 Å². The van der Waals surface area contributed by atoms with Crippen molar-refractivity contribution in [3.8, 4) is 0 Å². The molecule has 3 rings (SSSR count). The molecule has 2 aromatic rings. The van der Waals surface area contributed by atoms with Gasteiger partial charge in [-0.15, -0.1) is 0 Å². The summed E-state index contributed by atoms with van der Waals surface area (Å²) in [6, 6.07) is 13.7. The minimum Gasteiger partial charge on any atom is -0.321 e. The molecule has 2 N–H and O–H groups in total. The number of benzene rings is 2. The van der Waals surface area contributed by atoms with Crippen molar-refractivity contribution in [3.05, 3.63) is 65.5 Å². The van der Waals surface area contributed by atoms with E-state index < -0.39 is 0 Å². The molecular formula is C21H24FN2O2+. The molecule has 136 valence electrons. The van der Waals surface area contributed by atoms with Gasteiger partial charge in [0.2, 0.25) is 0 Å². The summed E-state index contributed by atoms with van der Waals surface area (Å²) in [5, 5.41) is 2.93. The van der Waals surface area contributed by atoms with E-state index in [4.69, 9.17) is 0 Å². The Kier molecular flexibility index (Phi) is 5.47. The fourth-order valence-electron chi connectivity index (χ4n) is 3.15. The topological polar surface area (TPSA) is 50.6 Å². The highest BCUT2D eigenvalue weighted by Crippen LogP contribution is 2.17. The number of hydrogen-bond donors (Lipinski definition) is 2. The van der Waals surface area contributed by atoms with Crippen LogP contribution in [0.3, 0.4) is 0 Å². The summed E-state index contributed by atoms with van der Waals surface area (Å²) in [6.07, 6.45) is 2.23. The molecule has 5 heteroatoms. The van der Waals surface area contributed by atoms with E-state index in [-0.39, 0.29) is 23.5 Å². The molecule has 0 aliphatic heterocycles. The van der Waals surface area contributed by atoms with E-state index in [2.05, 4.69) is 5.32 Å². The maximum Gasteiger partial charge on any atom is 0.282 e. The fourth-order valence-corrected chi connectivity index (χ4v) is 3.15. The summed E-state index contributed by atoms with van der Waals surface area (Å²) in [5.74, 6) is -0.300. The largest absolute Gasteiger partial charge is 0.321 e. The molecule has 0 heterocycles. The van der Waals surface area contributed by atoms with Gasteiger partial charge in [0.1, 0.15) is 12.4 Å². The second-order valence-electron chi connectivity index (χ2n) is 7.00. The Morgan fingerprint density at radius 2 is 1.73 bits per heavy atom. The zero-order valence-electron chi connectivity index (χ0n) is 15.1. The molecule has 2 atom stereocenters. The van der Waals surface area contributed by atoms with Crippen molar-refractivity contribution in [1.82, 2.24) is 0 Å². The molecule has 4 nitrogen and oxygen atoms in total. The summed E-state index contributed by atoms with van der Waals surface area (Å²) in [7, 11) is 0. The smallest absolute Gasteiger partial charge is 0.282 e. The van der Waals surface area contributed by atoms with Crippen molar-refractivity contribution >= 4 is 17.4 Å². The number of halogens is 1. The maximum absolute atomic E-state index is 13.1. The molecule has 1 amide bonds. The van der Waals surface area contributed by atoms with Crippen molar-refractivity contribution in [2.75, 3.05) is 5.32 Å². The van der Waals surface area contributed by atoms with Crippen LogP contribution in [-0.4, -0.2) is 23.8 Å². The molecule has 2 aromatic carbocycles. The predicted octanol–water partition coefficient (Wildman–Crippen LogP) is 2.60. The zero-order valence-corrected chi connectivity index (χ0v) is 15.1. The van der Waals surface area contributed by atoms with Crippen LogP contribution in [0.15, 0.2) is 48.5 Å². The number of ketones is 1. The highest BCUT2D eigenvalue weighted by atomic mass is 19.1. The monoisotopic (exact) mass is 355 g/mol. The first-order valence-electron chi connectivity index (χ1n) is 8.96. The van der Waals surface area contributed by atoms with Gasteiger partial charge in [0, 0.05) is 29.7 Å². The Balaban J connectivity index is 1.66. The van der Waals surface area contributed by atoms with Crippen molar-refractivity contribution < 1.29 is 18.9 Å². The highest BCUT2D eigenvalue weighted by Gasteiger charge is 2.39. The quantitative estimate of drug-likeness (QED) is 0.750. The van der Waals surface area contributed by atoms with Gasteiger partial charge in [-0.2, -0.15) is 0 Å². The van der Waals surface area contributed by atoms with Gasteiger partial charge < -0.3 is 10.2 Å². The molecular weight excluding hydrogens is 331 g/mol. The van der Waals surface area contributed by atoms with Crippen LogP contribution in [0.5, 0.6) is 0 Å². The molecule has 0 radical (unpaired) electrons. The van der Waals surface area contributed by atoms with E-state index in [1.54, 1.807) is 36.4 Å². The maximum atomic E-state index is 13.1. The molecule has 1 unspecified atom stereocenters. The lowest BCUT2D eigenvalue weighted by atomic mass is 10.1. The SMILES string of the molecule is CC(=O)c1ccc(NC(=O)[C@H](C)[NH+](Cc2ccc(F)cc2)C2CC2)cc1. The lowest BCUT2D eigenvalue weighted by Crippen LogP contribution is -3.16. The summed E-state index contributed by atoms with van der Waals surface area (Å²) in [5.41, 5.74) is 2.33. The van der Waals surface area contributed by atoms with Crippen LogP contribution in [0.25, 0.3) is 0 Å². The number of nitrogens with one attached hydrogen (secondary N) is 2. The van der Waals surface area contributed by atoms with Crippen molar-refractivity contribution in [2.45, 2.75) is 45.3 Å². The highest BCUT2D eigenvalue weighted by molar-refractivity contribution is 5.96. The first kappa shape index (κ1) is 18.3. The summed E-state index contributed by atoms with van der Waals surface area (Å²) < 4.78 is 13.1. The predicted molar refractivity (Wildman–Crippen MR) is 98.6 cm³/mol. The Hall–Kier alpha value is -2.53. The minimum absolute atomic E-state index is 0.0000968.